The number of fused-ring (bicyclic) bond motifs is 1. The largest absolute Gasteiger partial charge is 0.489 e. The van der Waals surface area contributed by atoms with E-state index in [1.807, 2.05) is 32.0 Å². The van der Waals surface area contributed by atoms with Crippen molar-refractivity contribution in [3.63, 3.8) is 0 Å². The fourth-order valence-electron chi connectivity index (χ4n) is 3.20. The normalized spacial score (nSPS) is 10.9. The molecule has 0 aliphatic rings. The third-order valence-corrected chi connectivity index (χ3v) is 5.29. The van der Waals surface area contributed by atoms with Crippen LogP contribution in [-0.4, -0.2) is 0 Å². The molecule has 4 rings (SSSR count). The highest BCUT2D eigenvalue weighted by molar-refractivity contribution is 6.35. The third-order valence-electron chi connectivity index (χ3n) is 4.58. The molecule has 1 heterocycles. The van der Waals surface area contributed by atoms with Crippen LogP contribution in [0.4, 0.5) is 0 Å². The van der Waals surface area contributed by atoms with Crippen LogP contribution in [-0.2, 0) is 6.61 Å². The van der Waals surface area contributed by atoms with Gasteiger partial charge in [-0.2, -0.15) is 0 Å². The topological polar surface area (TPSA) is 48.7 Å². The van der Waals surface area contributed by atoms with Crippen molar-refractivity contribution in [2.24, 2.45) is 0 Å². The molecule has 0 bridgehead atoms. The van der Waals surface area contributed by atoms with E-state index in [0.717, 1.165) is 11.1 Å². The minimum atomic E-state index is -0.254. The summed E-state index contributed by atoms with van der Waals surface area (Å²) in [5, 5.41) is 1.46. The van der Waals surface area contributed by atoms with E-state index >= 15 is 0 Å². The maximum atomic E-state index is 12.8. The van der Waals surface area contributed by atoms with E-state index in [-0.39, 0.29) is 17.8 Å². The number of hydrogen-bond acceptors (Lipinski definition) is 4. The molecule has 0 saturated heterocycles. The molecule has 0 amide bonds. The molecule has 0 radical (unpaired) electrons. The molecule has 0 atom stereocenters. The summed E-state index contributed by atoms with van der Waals surface area (Å²) in [7, 11) is 0. The second kappa shape index (κ2) is 8.42. The fourth-order valence-corrected chi connectivity index (χ4v) is 3.70. The minimum Gasteiger partial charge on any atom is -0.489 e. The van der Waals surface area contributed by atoms with E-state index in [0.29, 0.717) is 38.1 Å². The predicted molar refractivity (Wildman–Crippen MR) is 119 cm³/mol. The molecule has 4 aromatic rings. The Morgan fingerprint density at radius 2 is 1.60 bits per heavy atom. The van der Waals surface area contributed by atoms with Crippen LogP contribution in [0.15, 0.2) is 70.1 Å². The molecule has 0 aliphatic heterocycles. The fraction of sp³-hybridized carbons (Fsp3) is 0.125. The van der Waals surface area contributed by atoms with E-state index in [1.54, 1.807) is 36.4 Å². The zero-order valence-electron chi connectivity index (χ0n) is 16.4. The Bertz CT molecular complexity index is 1250. The smallest absolute Gasteiger partial charge is 0.235 e. The zero-order valence-corrected chi connectivity index (χ0v) is 17.9. The summed E-state index contributed by atoms with van der Waals surface area (Å²) in [6.07, 6.45) is 1.32. The molecule has 1 aromatic heterocycles. The van der Waals surface area contributed by atoms with Crippen molar-refractivity contribution in [2.75, 3.05) is 0 Å². The first-order valence-corrected chi connectivity index (χ1v) is 10.0. The lowest BCUT2D eigenvalue weighted by Crippen LogP contribution is -2.05. The molecule has 0 spiro atoms. The molecule has 0 aliphatic carbocycles. The van der Waals surface area contributed by atoms with Crippen LogP contribution >= 0.6 is 23.2 Å². The van der Waals surface area contributed by atoms with E-state index in [2.05, 4.69) is 0 Å². The van der Waals surface area contributed by atoms with Crippen LogP contribution in [0.1, 0.15) is 16.7 Å². The summed E-state index contributed by atoms with van der Waals surface area (Å²) in [6.45, 7) is 4.14. The molecule has 3 aromatic carbocycles. The van der Waals surface area contributed by atoms with Gasteiger partial charge in [0.2, 0.25) is 11.2 Å². The van der Waals surface area contributed by atoms with E-state index in [4.69, 9.17) is 37.1 Å². The predicted octanol–water partition coefficient (Wildman–Crippen LogP) is 7.09. The van der Waals surface area contributed by atoms with Gasteiger partial charge in [-0.25, -0.2) is 0 Å². The van der Waals surface area contributed by atoms with Crippen molar-refractivity contribution >= 4 is 34.2 Å². The molecule has 0 fully saturated rings. The van der Waals surface area contributed by atoms with Crippen molar-refractivity contribution in [1.82, 2.24) is 0 Å². The Balaban J connectivity index is 1.58. The zero-order chi connectivity index (χ0) is 21.3. The van der Waals surface area contributed by atoms with E-state index in [1.165, 1.54) is 6.26 Å². The molecule has 0 unspecified atom stereocenters. The van der Waals surface area contributed by atoms with Crippen LogP contribution in [0.5, 0.6) is 17.2 Å². The molecule has 0 N–H and O–H groups in total. The van der Waals surface area contributed by atoms with Gasteiger partial charge in [-0.15, -0.1) is 0 Å². The third kappa shape index (κ3) is 4.30. The minimum absolute atomic E-state index is 0.129. The van der Waals surface area contributed by atoms with E-state index in [9.17, 15) is 4.79 Å². The van der Waals surface area contributed by atoms with Crippen molar-refractivity contribution in [2.45, 2.75) is 20.5 Å². The SMILES string of the molecule is Cc1cc(C)cc(Oc2coc3cc(OCc4c(Cl)cccc4Cl)ccc3c2=O)c1. The van der Waals surface area contributed by atoms with Gasteiger partial charge in [0, 0.05) is 21.7 Å². The average molecular weight is 441 g/mol. The Kier molecular flexibility index (Phi) is 5.71. The highest BCUT2D eigenvalue weighted by atomic mass is 35.5. The number of benzene rings is 3. The lowest BCUT2D eigenvalue weighted by molar-refractivity contribution is 0.306. The van der Waals surface area contributed by atoms with Gasteiger partial charge in [0.25, 0.3) is 0 Å². The summed E-state index contributed by atoms with van der Waals surface area (Å²) in [5.74, 6) is 1.25. The number of hydrogen-bond donors (Lipinski definition) is 0. The van der Waals surface area contributed by atoms with Gasteiger partial charge in [-0.3, -0.25) is 4.79 Å². The van der Waals surface area contributed by atoms with Crippen LogP contribution < -0.4 is 14.9 Å². The molecule has 0 saturated carbocycles. The Morgan fingerprint density at radius 1 is 0.900 bits per heavy atom. The molecular weight excluding hydrogens is 423 g/mol. The van der Waals surface area contributed by atoms with E-state index < -0.39 is 0 Å². The highest BCUT2D eigenvalue weighted by Gasteiger charge is 2.12. The second-order valence-corrected chi connectivity index (χ2v) is 7.82. The van der Waals surface area contributed by atoms with Gasteiger partial charge >= 0.3 is 0 Å². The standard InChI is InChI=1S/C24H18Cl2O4/c1-14-8-15(2)10-17(9-14)30-23-13-29-22-11-16(6-7-18(22)24(23)27)28-12-19-20(25)4-3-5-21(19)26/h3-11,13H,12H2,1-2H3. The first-order chi connectivity index (χ1) is 14.4. The summed E-state index contributed by atoms with van der Waals surface area (Å²) < 4.78 is 17.2. The maximum Gasteiger partial charge on any atom is 0.235 e. The maximum absolute atomic E-state index is 12.8. The highest BCUT2D eigenvalue weighted by Crippen LogP contribution is 2.28. The number of rotatable bonds is 5. The first kappa shape index (κ1) is 20.3. The van der Waals surface area contributed by atoms with Gasteiger partial charge in [0.15, 0.2) is 0 Å². The van der Waals surface area contributed by atoms with Gasteiger partial charge in [0.1, 0.15) is 30.0 Å². The van der Waals surface area contributed by atoms with Crippen LogP contribution in [0.3, 0.4) is 0 Å². The van der Waals surface area contributed by atoms with Crippen LogP contribution in [0, 0.1) is 13.8 Å². The summed E-state index contributed by atoms with van der Waals surface area (Å²) in [5.41, 5.74) is 2.94. The average Bonchev–Trinajstić information content (AvgIpc) is 2.69. The van der Waals surface area contributed by atoms with Crippen molar-refractivity contribution in [3.8, 4) is 17.2 Å². The van der Waals surface area contributed by atoms with Crippen molar-refractivity contribution in [1.29, 1.82) is 0 Å². The molecule has 30 heavy (non-hydrogen) atoms. The Morgan fingerprint density at radius 3 is 2.30 bits per heavy atom. The van der Waals surface area contributed by atoms with Crippen LogP contribution in [0.2, 0.25) is 10.0 Å². The summed E-state index contributed by atoms with van der Waals surface area (Å²) in [6, 6.07) is 16.1. The number of halogens is 2. The van der Waals surface area contributed by atoms with Gasteiger partial charge in [-0.05, 0) is 61.4 Å². The van der Waals surface area contributed by atoms with Gasteiger partial charge in [0.05, 0.1) is 5.39 Å². The lowest BCUT2D eigenvalue weighted by atomic mass is 10.1. The lowest BCUT2D eigenvalue weighted by Gasteiger charge is -2.10. The first-order valence-electron chi connectivity index (χ1n) is 9.28. The Labute approximate surface area is 183 Å². The summed E-state index contributed by atoms with van der Waals surface area (Å²) in [4.78, 5) is 12.8. The second-order valence-electron chi connectivity index (χ2n) is 7.00. The van der Waals surface area contributed by atoms with Crippen molar-refractivity contribution < 1.29 is 13.9 Å². The number of aryl methyl sites for hydroxylation is 2. The monoisotopic (exact) mass is 440 g/mol. The number of ether oxygens (including phenoxy) is 2. The molecule has 152 valence electrons. The Hall–Kier alpha value is -2.95. The summed E-state index contributed by atoms with van der Waals surface area (Å²) >= 11 is 12.4. The molecular formula is C24H18Cl2O4. The van der Waals surface area contributed by atoms with Gasteiger partial charge < -0.3 is 13.9 Å². The molecule has 4 nitrogen and oxygen atoms in total. The quantitative estimate of drug-likeness (QED) is 0.332. The molecule has 6 heteroatoms. The van der Waals surface area contributed by atoms with Gasteiger partial charge in [-0.1, -0.05) is 35.3 Å². The van der Waals surface area contributed by atoms with Crippen LogP contribution in [0.25, 0.3) is 11.0 Å². The van der Waals surface area contributed by atoms with Crippen molar-refractivity contribution in [3.05, 3.63) is 97.8 Å².